The molecule has 0 saturated heterocycles. The number of amides is 2. The number of rotatable bonds is 6. The van der Waals surface area contributed by atoms with Gasteiger partial charge in [0.05, 0.1) is 12.5 Å². The van der Waals surface area contributed by atoms with E-state index in [4.69, 9.17) is 9.47 Å². The lowest BCUT2D eigenvalue weighted by atomic mass is 10.00. The highest BCUT2D eigenvalue weighted by atomic mass is 16.7. The quantitative estimate of drug-likeness (QED) is 0.641. The molecule has 0 fully saturated rings. The highest BCUT2D eigenvalue weighted by molar-refractivity contribution is 5.98. The van der Waals surface area contributed by atoms with Crippen LogP contribution in [0.2, 0.25) is 0 Å². The Morgan fingerprint density at radius 3 is 2.62 bits per heavy atom. The maximum atomic E-state index is 13.1. The summed E-state index contributed by atoms with van der Waals surface area (Å²) in [7, 11) is 0. The molecule has 3 aromatic carbocycles. The number of benzene rings is 3. The highest BCUT2D eigenvalue weighted by Crippen LogP contribution is 2.34. The number of aryl methyl sites for hydroxylation is 1. The van der Waals surface area contributed by atoms with Crippen molar-refractivity contribution in [1.29, 1.82) is 0 Å². The first-order valence-electron chi connectivity index (χ1n) is 10.7. The van der Waals surface area contributed by atoms with Gasteiger partial charge in [-0.25, -0.2) is 0 Å². The number of carbonyl (C=O) groups excluding carboxylic acids is 2. The third kappa shape index (κ3) is 3.91. The second kappa shape index (κ2) is 8.38. The summed E-state index contributed by atoms with van der Waals surface area (Å²) in [5.74, 6) is 1.26. The lowest BCUT2D eigenvalue weighted by Gasteiger charge is -2.28. The van der Waals surface area contributed by atoms with Crippen molar-refractivity contribution in [2.24, 2.45) is 0 Å². The van der Waals surface area contributed by atoms with Crippen LogP contribution in [-0.4, -0.2) is 23.5 Å². The fraction of sp³-hybridized carbons (Fsp3) is 0.231. The van der Waals surface area contributed by atoms with Gasteiger partial charge in [0.25, 0.3) is 5.91 Å². The maximum Gasteiger partial charge on any atom is 0.255 e. The molecule has 0 saturated carbocycles. The number of hydrogen-bond acceptors (Lipinski definition) is 4. The zero-order valence-corrected chi connectivity index (χ0v) is 17.8. The van der Waals surface area contributed by atoms with Crippen molar-refractivity contribution < 1.29 is 19.1 Å². The summed E-state index contributed by atoms with van der Waals surface area (Å²) in [6, 6.07) is 21.0. The monoisotopic (exact) mass is 428 g/mol. The standard InChI is InChI=1S/C26H24N2O4/c1-17-6-9-19(10-7-17)22(28-15-20-4-2-3-5-21(20)26(28)30)13-25(29)27-14-18-8-11-23-24(12-18)32-16-31-23/h2-12,22H,13-16H2,1H3,(H,27,29)/t22-/m1/s1. The van der Waals surface area contributed by atoms with E-state index in [0.29, 0.717) is 30.2 Å². The predicted octanol–water partition coefficient (Wildman–Crippen LogP) is 4.13. The highest BCUT2D eigenvalue weighted by Gasteiger charge is 2.34. The fourth-order valence-corrected chi connectivity index (χ4v) is 4.22. The lowest BCUT2D eigenvalue weighted by Crippen LogP contribution is -2.34. The third-order valence-electron chi connectivity index (χ3n) is 5.99. The van der Waals surface area contributed by atoms with Gasteiger partial charge >= 0.3 is 0 Å². The molecule has 0 aromatic heterocycles. The van der Waals surface area contributed by atoms with Crippen LogP contribution in [0.15, 0.2) is 66.7 Å². The molecule has 2 heterocycles. The Morgan fingerprint density at radius 1 is 1.03 bits per heavy atom. The van der Waals surface area contributed by atoms with E-state index >= 15 is 0 Å². The second-order valence-corrected chi connectivity index (χ2v) is 8.19. The summed E-state index contributed by atoms with van der Waals surface area (Å²) in [5, 5.41) is 2.99. The van der Waals surface area contributed by atoms with Crippen molar-refractivity contribution in [3.8, 4) is 11.5 Å². The number of ether oxygens (including phenoxy) is 2. The Kier molecular flexibility index (Phi) is 5.27. The summed E-state index contributed by atoms with van der Waals surface area (Å²) in [6.07, 6.45) is 0.188. The molecule has 3 aromatic rings. The van der Waals surface area contributed by atoms with Gasteiger partial charge in [0, 0.05) is 18.7 Å². The van der Waals surface area contributed by atoms with Crippen molar-refractivity contribution in [2.45, 2.75) is 32.5 Å². The summed E-state index contributed by atoms with van der Waals surface area (Å²) in [4.78, 5) is 27.8. The molecule has 0 radical (unpaired) electrons. The van der Waals surface area contributed by atoms with Crippen molar-refractivity contribution in [2.75, 3.05) is 6.79 Å². The zero-order valence-electron chi connectivity index (χ0n) is 17.8. The molecular weight excluding hydrogens is 404 g/mol. The van der Waals surface area contributed by atoms with Gasteiger partial charge in [0.2, 0.25) is 12.7 Å². The number of carbonyl (C=O) groups is 2. The van der Waals surface area contributed by atoms with Gasteiger partial charge in [-0.05, 0) is 41.8 Å². The third-order valence-corrected chi connectivity index (χ3v) is 5.99. The zero-order chi connectivity index (χ0) is 22.1. The van der Waals surface area contributed by atoms with Gasteiger partial charge < -0.3 is 19.7 Å². The van der Waals surface area contributed by atoms with Crippen LogP contribution in [0.5, 0.6) is 11.5 Å². The van der Waals surface area contributed by atoms with Gasteiger partial charge in [-0.15, -0.1) is 0 Å². The van der Waals surface area contributed by atoms with Crippen molar-refractivity contribution >= 4 is 11.8 Å². The number of hydrogen-bond donors (Lipinski definition) is 1. The predicted molar refractivity (Wildman–Crippen MR) is 119 cm³/mol. The van der Waals surface area contributed by atoms with Crippen LogP contribution in [-0.2, 0) is 17.9 Å². The normalized spacial score (nSPS) is 14.9. The summed E-state index contributed by atoms with van der Waals surface area (Å²) < 4.78 is 10.7. The van der Waals surface area contributed by atoms with E-state index in [1.54, 1.807) is 4.90 Å². The smallest absolute Gasteiger partial charge is 0.255 e. The fourth-order valence-electron chi connectivity index (χ4n) is 4.22. The first kappa shape index (κ1) is 20.1. The first-order valence-corrected chi connectivity index (χ1v) is 10.7. The van der Waals surface area contributed by atoms with Crippen LogP contribution in [0.4, 0.5) is 0 Å². The average molecular weight is 428 g/mol. The molecule has 6 nitrogen and oxygen atoms in total. The van der Waals surface area contributed by atoms with Crippen LogP contribution < -0.4 is 14.8 Å². The Labute approximate surface area is 186 Å². The minimum atomic E-state index is -0.341. The molecule has 1 atom stereocenters. The Bertz CT molecular complexity index is 1170. The second-order valence-electron chi connectivity index (χ2n) is 8.19. The van der Waals surface area contributed by atoms with Gasteiger partial charge in [-0.1, -0.05) is 54.1 Å². The van der Waals surface area contributed by atoms with E-state index in [1.807, 2.05) is 73.7 Å². The van der Waals surface area contributed by atoms with Gasteiger partial charge in [-0.3, -0.25) is 9.59 Å². The van der Waals surface area contributed by atoms with E-state index < -0.39 is 0 Å². The molecular formula is C26H24N2O4. The molecule has 6 heteroatoms. The van der Waals surface area contributed by atoms with E-state index in [1.165, 1.54) is 0 Å². The SMILES string of the molecule is Cc1ccc([C@@H](CC(=O)NCc2ccc3c(c2)OCO3)N2Cc3ccccc3C2=O)cc1. The number of nitrogens with zero attached hydrogens (tertiary/aromatic N) is 1. The first-order chi connectivity index (χ1) is 15.6. The maximum absolute atomic E-state index is 13.1. The Balaban J connectivity index is 1.32. The largest absolute Gasteiger partial charge is 0.454 e. The van der Waals surface area contributed by atoms with E-state index in [0.717, 1.165) is 22.3 Å². The average Bonchev–Trinajstić information content (AvgIpc) is 3.41. The van der Waals surface area contributed by atoms with Crippen molar-refractivity contribution in [1.82, 2.24) is 10.2 Å². The molecule has 2 aliphatic rings. The summed E-state index contributed by atoms with van der Waals surface area (Å²) >= 11 is 0. The van der Waals surface area contributed by atoms with Gasteiger partial charge in [-0.2, -0.15) is 0 Å². The molecule has 0 aliphatic carbocycles. The molecule has 5 rings (SSSR count). The molecule has 0 bridgehead atoms. The van der Waals surface area contributed by atoms with E-state index in [2.05, 4.69) is 5.32 Å². The molecule has 0 unspecified atom stereocenters. The van der Waals surface area contributed by atoms with Gasteiger partial charge in [0.15, 0.2) is 11.5 Å². The van der Waals surface area contributed by atoms with Crippen LogP contribution in [0.25, 0.3) is 0 Å². The number of fused-ring (bicyclic) bond motifs is 2. The van der Waals surface area contributed by atoms with E-state index in [9.17, 15) is 9.59 Å². The van der Waals surface area contributed by atoms with Crippen molar-refractivity contribution in [3.05, 3.63) is 94.5 Å². The molecule has 1 N–H and O–H groups in total. The topological polar surface area (TPSA) is 67.9 Å². The van der Waals surface area contributed by atoms with Crippen LogP contribution in [0.1, 0.15) is 45.1 Å². The molecule has 0 spiro atoms. The Hall–Kier alpha value is -3.80. The van der Waals surface area contributed by atoms with Crippen LogP contribution >= 0.6 is 0 Å². The molecule has 2 aliphatic heterocycles. The minimum absolute atomic E-state index is 0.0326. The summed E-state index contributed by atoms with van der Waals surface area (Å²) in [6.45, 7) is 3.12. The lowest BCUT2D eigenvalue weighted by molar-refractivity contribution is -0.122. The molecule has 2 amide bonds. The van der Waals surface area contributed by atoms with E-state index in [-0.39, 0.29) is 31.1 Å². The van der Waals surface area contributed by atoms with Gasteiger partial charge in [0.1, 0.15) is 0 Å². The number of nitrogens with one attached hydrogen (secondary N) is 1. The Morgan fingerprint density at radius 2 is 1.81 bits per heavy atom. The van der Waals surface area contributed by atoms with Crippen molar-refractivity contribution in [3.63, 3.8) is 0 Å². The molecule has 32 heavy (non-hydrogen) atoms. The summed E-state index contributed by atoms with van der Waals surface area (Å²) in [5.41, 5.74) is 4.73. The minimum Gasteiger partial charge on any atom is -0.454 e. The van der Waals surface area contributed by atoms with Crippen LogP contribution in [0.3, 0.4) is 0 Å². The molecule has 162 valence electrons. The van der Waals surface area contributed by atoms with Crippen LogP contribution in [0, 0.1) is 6.92 Å².